The maximum atomic E-state index is 5.57. The first-order valence-corrected chi connectivity index (χ1v) is 5.72. The molecule has 2 saturated heterocycles. The lowest BCUT2D eigenvalue weighted by atomic mass is 9.95. The summed E-state index contributed by atoms with van der Waals surface area (Å²) in [7, 11) is 0. The van der Waals surface area contributed by atoms with Crippen LogP contribution >= 0.6 is 0 Å². The van der Waals surface area contributed by atoms with Gasteiger partial charge in [0.1, 0.15) is 0 Å². The van der Waals surface area contributed by atoms with Crippen molar-refractivity contribution in [2.75, 3.05) is 26.3 Å². The van der Waals surface area contributed by atoms with Gasteiger partial charge in [0.2, 0.25) is 0 Å². The van der Waals surface area contributed by atoms with Crippen molar-refractivity contribution in [2.45, 2.75) is 37.6 Å². The lowest BCUT2D eigenvalue weighted by Gasteiger charge is -2.33. The van der Waals surface area contributed by atoms with Crippen molar-refractivity contribution in [3.63, 3.8) is 0 Å². The van der Waals surface area contributed by atoms with Crippen LogP contribution in [0.3, 0.4) is 0 Å². The van der Waals surface area contributed by atoms with Crippen molar-refractivity contribution in [2.24, 2.45) is 5.92 Å². The highest BCUT2D eigenvalue weighted by atomic mass is 16.5. The third-order valence-corrected chi connectivity index (χ3v) is 4.00. The predicted octanol–water partition coefficient (Wildman–Crippen LogP) is 1.65. The molecule has 1 unspecified atom stereocenters. The van der Waals surface area contributed by atoms with E-state index in [1.54, 1.807) is 0 Å². The molecule has 1 saturated carbocycles. The molecule has 74 valence electrons. The summed E-state index contributed by atoms with van der Waals surface area (Å²) in [6.45, 7) is 4.71. The van der Waals surface area contributed by atoms with Crippen LogP contribution in [0.1, 0.15) is 32.1 Å². The molecule has 1 atom stereocenters. The summed E-state index contributed by atoms with van der Waals surface area (Å²) in [5.74, 6) is 1.04. The molecule has 3 fully saturated rings. The Hall–Kier alpha value is -0.0800. The van der Waals surface area contributed by atoms with E-state index < -0.39 is 0 Å². The van der Waals surface area contributed by atoms with Gasteiger partial charge in [-0.3, -0.25) is 4.90 Å². The standard InChI is InChI=1S/C11H19NO/c1-4-11(5-7-13-9-11)12(6-1)8-10-2-3-10/h10H,1-9H2. The quantitative estimate of drug-likeness (QED) is 0.642. The third-order valence-electron chi connectivity index (χ3n) is 4.00. The van der Waals surface area contributed by atoms with Crippen LogP contribution in [0, 0.1) is 5.92 Å². The zero-order valence-corrected chi connectivity index (χ0v) is 8.30. The van der Waals surface area contributed by atoms with E-state index in [-0.39, 0.29) is 0 Å². The van der Waals surface area contributed by atoms with E-state index in [9.17, 15) is 0 Å². The third kappa shape index (κ3) is 1.40. The molecule has 13 heavy (non-hydrogen) atoms. The zero-order chi connectivity index (χ0) is 8.73. The molecule has 2 aliphatic heterocycles. The summed E-state index contributed by atoms with van der Waals surface area (Å²) in [6, 6.07) is 0. The second-order valence-corrected chi connectivity index (χ2v) is 5.02. The van der Waals surface area contributed by atoms with Crippen molar-refractivity contribution in [3.8, 4) is 0 Å². The van der Waals surface area contributed by atoms with Crippen LogP contribution in [-0.4, -0.2) is 36.7 Å². The van der Waals surface area contributed by atoms with Crippen LogP contribution in [0.15, 0.2) is 0 Å². The molecule has 3 aliphatic rings. The van der Waals surface area contributed by atoms with Gasteiger partial charge in [-0.15, -0.1) is 0 Å². The second kappa shape index (κ2) is 2.96. The number of likely N-dealkylation sites (tertiary alicyclic amines) is 1. The van der Waals surface area contributed by atoms with Crippen LogP contribution in [0.5, 0.6) is 0 Å². The molecule has 0 aromatic rings. The molecular formula is C11H19NO. The van der Waals surface area contributed by atoms with Crippen LogP contribution in [0.2, 0.25) is 0 Å². The smallest absolute Gasteiger partial charge is 0.0651 e. The summed E-state index contributed by atoms with van der Waals surface area (Å²) in [5, 5.41) is 0. The van der Waals surface area contributed by atoms with Crippen molar-refractivity contribution >= 4 is 0 Å². The van der Waals surface area contributed by atoms with Crippen molar-refractivity contribution in [3.05, 3.63) is 0 Å². The Labute approximate surface area is 80.2 Å². The first-order valence-electron chi connectivity index (χ1n) is 5.72. The van der Waals surface area contributed by atoms with Crippen LogP contribution < -0.4 is 0 Å². The largest absolute Gasteiger partial charge is 0.379 e. The second-order valence-electron chi connectivity index (χ2n) is 5.02. The number of hydrogen-bond acceptors (Lipinski definition) is 2. The van der Waals surface area contributed by atoms with Crippen LogP contribution in [0.25, 0.3) is 0 Å². The Balaban J connectivity index is 1.69. The van der Waals surface area contributed by atoms with Crippen molar-refractivity contribution in [1.82, 2.24) is 4.90 Å². The normalized spacial score (nSPS) is 40.6. The minimum Gasteiger partial charge on any atom is -0.379 e. The van der Waals surface area contributed by atoms with E-state index in [2.05, 4.69) is 4.90 Å². The Morgan fingerprint density at radius 1 is 1.31 bits per heavy atom. The molecule has 0 N–H and O–H groups in total. The van der Waals surface area contributed by atoms with Gasteiger partial charge in [-0.1, -0.05) is 0 Å². The van der Waals surface area contributed by atoms with Gasteiger partial charge in [-0.25, -0.2) is 0 Å². The topological polar surface area (TPSA) is 12.5 Å². The molecule has 3 rings (SSSR count). The van der Waals surface area contributed by atoms with Gasteiger partial charge in [-0.2, -0.15) is 0 Å². The van der Waals surface area contributed by atoms with Crippen LogP contribution in [-0.2, 0) is 4.74 Å². The van der Waals surface area contributed by atoms with Gasteiger partial charge in [-0.05, 0) is 44.6 Å². The zero-order valence-electron chi connectivity index (χ0n) is 8.30. The molecule has 0 aromatic carbocycles. The van der Waals surface area contributed by atoms with E-state index in [0.717, 1.165) is 19.1 Å². The van der Waals surface area contributed by atoms with Crippen LogP contribution in [0.4, 0.5) is 0 Å². The first-order chi connectivity index (χ1) is 6.39. The van der Waals surface area contributed by atoms with Gasteiger partial charge in [0.05, 0.1) is 6.61 Å². The highest BCUT2D eigenvalue weighted by Gasteiger charge is 2.45. The van der Waals surface area contributed by atoms with Gasteiger partial charge in [0.25, 0.3) is 0 Å². The summed E-state index contributed by atoms with van der Waals surface area (Å²) in [4.78, 5) is 2.73. The molecule has 2 heteroatoms. The first kappa shape index (κ1) is 8.25. The summed E-state index contributed by atoms with van der Waals surface area (Å²) < 4.78 is 5.57. The lowest BCUT2D eigenvalue weighted by molar-refractivity contribution is 0.0978. The Kier molecular flexibility index (Phi) is 1.88. The summed E-state index contributed by atoms with van der Waals surface area (Å²) in [5.41, 5.74) is 0.489. The highest BCUT2D eigenvalue weighted by molar-refractivity contribution is 4.99. The molecule has 0 amide bonds. The maximum Gasteiger partial charge on any atom is 0.0651 e. The summed E-state index contributed by atoms with van der Waals surface area (Å²) in [6.07, 6.45) is 7.04. The fraction of sp³-hybridized carbons (Fsp3) is 1.00. The molecule has 0 aromatic heterocycles. The Morgan fingerprint density at radius 3 is 2.92 bits per heavy atom. The van der Waals surface area contributed by atoms with Crippen molar-refractivity contribution < 1.29 is 4.74 Å². The predicted molar refractivity (Wildman–Crippen MR) is 51.7 cm³/mol. The van der Waals surface area contributed by atoms with Gasteiger partial charge < -0.3 is 4.74 Å². The fourth-order valence-electron chi connectivity index (χ4n) is 2.93. The van der Waals surface area contributed by atoms with E-state index >= 15 is 0 Å². The van der Waals surface area contributed by atoms with E-state index in [1.165, 1.54) is 45.2 Å². The molecule has 0 bridgehead atoms. The van der Waals surface area contributed by atoms with E-state index in [0.29, 0.717) is 5.54 Å². The van der Waals surface area contributed by atoms with E-state index in [1.807, 2.05) is 0 Å². The highest BCUT2D eigenvalue weighted by Crippen LogP contribution is 2.40. The minimum atomic E-state index is 0.489. The molecular weight excluding hydrogens is 162 g/mol. The molecule has 2 heterocycles. The monoisotopic (exact) mass is 181 g/mol. The van der Waals surface area contributed by atoms with E-state index in [4.69, 9.17) is 4.74 Å². The average Bonchev–Trinajstić information content (AvgIpc) is 2.71. The van der Waals surface area contributed by atoms with Gasteiger partial charge >= 0.3 is 0 Å². The number of hydrogen-bond donors (Lipinski definition) is 0. The number of ether oxygens (including phenoxy) is 1. The number of nitrogens with zero attached hydrogens (tertiary/aromatic N) is 1. The maximum absolute atomic E-state index is 5.57. The fourth-order valence-corrected chi connectivity index (χ4v) is 2.93. The Bertz CT molecular complexity index is 189. The van der Waals surface area contributed by atoms with Gasteiger partial charge in [0, 0.05) is 18.7 Å². The lowest BCUT2D eigenvalue weighted by Crippen LogP contribution is -2.45. The van der Waals surface area contributed by atoms with Crippen molar-refractivity contribution in [1.29, 1.82) is 0 Å². The molecule has 1 aliphatic carbocycles. The molecule has 1 spiro atoms. The summed E-state index contributed by atoms with van der Waals surface area (Å²) >= 11 is 0. The SMILES string of the molecule is C1CN(CC2CC2)C2(C1)CCOC2. The molecule has 0 radical (unpaired) electrons. The average molecular weight is 181 g/mol. The van der Waals surface area contributed by atoms with Gasteiger partial charge in [0.15, 0.2) is 0 Å². The Morgan fingerprint density at radius 2 is 2.23 bits per heavy atom. The minimum absolute atomic E-state index is 0.489. The number of rotatable bonds is 2. The molecule has 2 nitrogen and oxygen atoms in total.